The Hall–Kier alpha value is -1.39. The number of nitrogens with one attached hydrogen (secondary N) is 1. The fourth-order valence-electron chi connectivity index (χ4n) is 4.18. The summed E-state index contributed by atoms with van der Waals surface area (Å²) >= 11 is 0. The Labute approximate surface area is 151 Å². The molecule has 1 aromatic rings. The van der Waals surface area contributed by atoms with Crippen molar-refractivity contribution >= 4 is 5.97 Å². The van der Waals surface area contributed by atoms with E-state index in [1.54, 1.807) is 0 Å². The maximum absolute atomic E-state index is 12.8. The van der Waals surface area contributed by atoms with Gasteiger partial charge in [-0.25, -0.2) is 4.79 Å². The molecule has 0 unspecified atom stereocenters. The summed E-state index contributed by atoms with van der Waals surface area (Å²) < 4.78 is 5.78. The van der Waals surface area contributed by atoms with Gasteiger partial charge in [0.15, 0.2) is 0 Å². The number of carbonyl (C=O) groups excluding carboxylic acids is 1. The van der Waals surface area contributed by atoms with E-state index in [9.17, 15) is 4.79 Å². The van der Waals surface area contributed by atoms with E-state index in [0.717, 1.165) is 31.5 Å². The van der Waals surface area contributed by atoms with Gasteiger partial charge in [0.25, 0.3) is 0 Å². The van der Waals surface area contributed by atoms with Gasteiger partial charge < -0.3 is 15.8 Å². The fraction of sp³-hybridized carbons (Fsp3) is 0.667. The normalized spacial score (nSPS) is 25.6. The van der Waals surface area contributed by atoms with Crippen molar-refractivity contribution in [1.29, 1.82) is 0 Å². The van der Waals surface area contributed by atoms with Crippen LogP contribution in [0.15, 0.2) is 30.3 Å². The zero-order chi connectivity index (χ0) is 17.5. The first-order valence-corrected chi connectivity index (χ1v) is 9.95. The van der Waals surface area contributed by atoms with Gasteiger partial charge in [0.2, 0.25) is 0 Å². The quantitative estimate of drug-likeness (QED) is 0.742. The molecule has 0 spiro atoms. The molecule has 25 heavy (non-hydrogen) atoms. The largest absolute Gasteiger partial charge is 0.461 e. The summed E-state index contributed by atoms with van der Waals surface area (Å²) in [4.78, 5) is 12.8. The first-order valence-electron chi connectivity index (χ1n) is 9.95. The topological polar surface area (TPSA) is 64.3 Å². The summed E-state index contributed by atoms with van der Waals surface area (Å²) in [6.07, 6.45) is 9.31. The Morgan fingerprint density at radius 1 is 1.04 bits per heavy atom. The van der Waals surface area contributed by atoms with Crippen LogP contribution in [0.25, 0.3) is 0 Å². The van der Waals surface area contributed by atoms with Gasteiger partial charge in [-0.15, -0.1) is 0 Å². The number of hydrogen-bond acceptors (Lipinski definition) is 4. The van der Waals surface area contributed by atoms with Crippen molar-refractivity contribution < 1.29 is 9.53 Å². The highest BCUT2D eigenvalue weighted by Crippen LogP contribution is 2.29. The molecule has 0 saturated heterocycles. The van der Waals surface area contributed by atoms with Crippen LogP contribution in [0.4, 0.5) is 0 Å². The van der Waals surface area contributed by atoms with Gasteiger partial charge in [0, 0.05) is 0 Å². The van der Waals surface area contributed by atoms with Crippen LogP contribution in [0.3, 0.4) is 0 Å². The first-order chi connectivity index (χ1) is 12.3. The van der Waals surface area contributed by atoms with Crippen LogP contribution in [0.1, 0.15) is 63.0 Å². The van der Waals surface area contributed by atoms with Gasteiger partial charge in [-0.2, -0.15) is 0 Å². The molecule has 4 nitrogen and oxygen atoms in total. The monoisotopic (exact) mass is 344 g/mol. The molecular formula is C21H32N2O2. The summed E-state index contributed by atoms with van der Waals surface area (Å²) in [5.74, 6) is 1.20. The highest BCUT2D eigenvalue weighted by Gasteiger charge is 2.28. The number of ether oxygens (including phenoxy) is 1. The van der Waals surface area contributed by atoms with Gasteiger partial charge >= 0.3 is 5.97 Å². The lowest BCUT2D eigenvalue weighted by Crippen LogP contribution is -2.36. The fourth-order valence-corrected chi connectivity index (χ4v) is 4.18. The molecule has 3 N–H and O–H groups in total. The summed E-state index contributed by atoms with van der Waals surface area (Å²) in [5, 5.41) is 3.51. The van der Waals surface area contributed by atoms with Crippen LogP contribution < -0.4 is 11.1 Å². The number of hydrogen-bond donors (Lipinski definition) is 2. The van der Waals surface area contributed by atoms with Crippen molar-refractivity contribution in [3.63, 3.8) is 0 Å². The van der Waals surface area contributed by atoms with E-state index in [4.69, 9.17) is 10.5 Å². The molecule has 1 atom stereocenters. The molecule has 0 radical (unpaired) electrons. The second-order valence-electron chi connectivity index (χ2n) is 7.72. The molecule has 138 valence electrons. The van der Waals surface area contributed by atoms with Crippen molar-refractivity contribution in [2.24, 2.45) is 17.6 Å². The second-order valence-corrected chi connectivity index (χ2v) is 7.72. The Kier molecular flexibility index (Phi) is 6.88. The number of rotatable bonds is 7. The number of nitrogens with two attached hydrogens (primary N) is 1. The van der Waals surface area contributed by atoms with Crippen molar-refractivity contribution in [3.05, 3.63) is 35.9 Å². The highest BCUT2D eigenvalue weighted by molar-refractivity contribution is 5.77. The lowest BCUT2D eigenvalue weighted by atomic mass is 9.82. The van der Waals surface area contributed by atoms with Crippen LogP contribution in [0.2, 0.25) is 0 Å². The molecular weight excluding hydrogens is 312 g/mol. The van der Waals surface area contributed by atoms with Gasteiger partial charge in [0.1, 0.15) is 12.1 Å². The molecule has 2 fully saturated rings. The molecule has 4 heteroatoms. The van der Waals surface area contributed by atoms with Crippen molar-refractivity contribution in [2.75, 3.05) is 13.1 Å². The third kappa shape index (κ3) is 5.29. The molecule has 3 rings (SSSR count). The molecule has 0 amide bonds. The van der Waals surface area contributed by atoms with E-state index in [1.807, 2.05) is 30.3 Å². The Morgan fingerprint density at radius 3 is 2.32 bits per heavy atom. The second kappa shape index (κ2) is 9.35. The minimum absolute atomic E-state index is 0.112. The molecule has 2 aliphatic carbocycles. The lowest BCUT2D eigenvalue weighted by molar-refractivity contribution is -0.151. The van der Waals surface area contributed by atoms with E-state index in [0.29, 0.717) is 11.8 Å². The maximum atomic E-state index is 12.8. The van der Waals surface area contributed by atoms with Crippen LogP contribution in [-0.4, -0.2) is 25.2 Å². The Morgan fingerprint density at radius 2 is 1.68 bits per heavy atom. The summed E-state index contributed by atoms with van der Waals surface area (Å²) in [6, 6.07) is 9.63. The predicted molar refractivity (Wildman–Crippen MR) is 100 cm³/mol. The number of esters is 1. The summed E-state index contributed by atoms with van der Waals surface area (Å²) in [5.41, 5.74) is 6.79. The third-order valence-electron chi connectivity index (χ3n) is 5.86. The van der Waals surface area contributed by atoms with E-state index in [1.165, 1.54) is 38.5 Å². The molecule has 0 aliphatic heterocycles. The Bertz CT molecular complexity index is 520. The molecule has 2 aliphatic rings. The zero-order valence-corrected chi connectivity index (χ0v) is 15.2. The summed E-state index contributed by atoms with van der Waals surface area (Å²) in [6.45, 7) is 1.68. The number of benzene rings is 1. The van der Waals surface area contributed by atoms with Crippen molar-refractivity contribution in [1.82, 2.24) is 5.32 Å². The van der Waals surface area contributed by atoms with Gasteiger partial charge in [-0.3, -0.25) is 0 Å². The lowest BCUT2D eigenvalue weighted by Gasteiger charge is -2.29. The molecule has 0 bridgehead atoms. The average molecular weight is 344 g/mol. The van der Waals surface area contributed by atoms with E-state index in [-0.39, 0.29) is 18.1 Å². The minimum Gasteiger partial charge on any atom is -0.461 e. The zero-order valence-electron chi connectivity index (χ0n) is 15.2. The summed E-state index contributed by atoms with van der Waals surface area (Å²) in [7, 11) is 0. The third-order valence-corrected chi connectivity index (χ3v) is 5.86. The van der Waals surface area contributed by atoms with Crippen LogP contribution >= 0.6 is 0 Å². The van der Waals surface area contributed by atoms with E-state index >= 15 is 0 Å². The van der Waals surface area contributed by atoms with Crippen LogP contribution in [0, 0.1) is 11.8 Å². The highest BCUT2D eigenvalue weighted by atomic mass is 16.5. The molecule has 2 saturated carbocycles. The molecule has 0 heterocycles. The molecule has 1 aromatic carbocycles. The van der Waals surface area contributed by atoms with E-state index in [2.05, 4.69) is 5.32 Å². The standard InChI is InChI=1S/C21H32N2O2/c22-14-16-10-12-17(13-11-16)15-23-20(18-6-2-1-3-7-18)21(24)25-19-8-4-5-9-19/h1-3,6-7,16-17,19-20,23H,4-5,8-15,22H2/t16?,17?,20-/m0/s1. The SMILES string of the molecule is NCC1CCC(CN[C@H](C(=O)OC2CCCC2)c2ccccc2)CC1. The minimum atomic E-state index is -0.353. The van der Waals surface area contributed by atoms with Crippen LogP contribution in [0.5, 0.6) is 0 Å². The van der Waals surface area contributed by atoms with Crippen LogP contribution in [-0.2, 0) is 9.53 Å². The smallest absolute Gasteiger partial charge is 0.328 e. The van der Waals surface area contributed by atoms with Crippen molar-refractivity contribution in [2.45, 2.75) is 63.5 Å². The predicted octanol–water partition coefficient (Wildman–Crippen LogP) is 3.57. The maximum Gasteiger partial charge on any atom is 0.328 e. The van der Waals surface area contributed by atoms with Gasteiger partial charge in [-0.05, 0) is 81.9 Å². The van der Waals surface area contributed by atoms with Gasteiger partial charge in [-0.1, -0.05) is 30.3 Å². The van der Waals surface area contributed by atoms with Gasteiger partial charge in [0.05, 0.1) is 0 Å². The van der Waals surface area contributed by atoms with Crippen molar-refractivity contribution in [3.8, 4) is 0 Å². The first kappa shape index (κ1) is 18.4. The van der Waals surface area contributed by atoms with E-state index < -0.39 is 0 Å². The molecule has 0 aromatic heterocycles. The number of carbonyl (C=O) groups is 1. The Balaban J connectivity index is 1.57. The average Bonchev–Trinajstić information content (AvgIpc) is 3.16.